The number of rotatable bonds is 8. The van der Waals surface area contributed by atoms with Crippen LogP contribution in [0.15, 0.2) is 58.2 Å². The second-order valence-corrected chi connectivity index (χ2v) is 8.54. The Morgan fingerprint density at radius 3 is 2.59 bits per heavy atom. The summed E-state index contributed by atoms with van der Waals surface area (Å²) in [7, 11) is 1.45. The second kappa shape index (κ2) is 9.48. The lowest BCUT2D eigenvalue weighted by molar-refractivity contribution is -0.130. The third-order valence-electron chi connectivity index (χ3n) is 5.51. The molecule has 0 saturated carbocycles. The predicted octanol–water partition coefficient (Wildman–Crippen LogP) is 5.24. The number of hydrogen-bond acceptors (Lipinski definition) is 6. The summed E-state index contributed by atoms with van der Waals surface area (Å²) in [6.07, 6.45) is -0.0676. The van der Waals surface area contributed by atoms with Gasteiger partial charge < -0.3 is 23.9 Å². The number of carbonyl (C=O) groups excluding carboxylic acids is 2. The molecule has 2 aromatic carbocycles. The largest absolute Gasteiger partial charge is 0.503 e. The maximum Gasteiger partial charge on any atom is 0.290 e. The average molecular weight is 488 g/mol. The number of carbonyl (C=O) groups is 2. The number of hydrogen-bond donors (Lipinski definition) is 1. The smallest absolute Gasteiger partial charge is 0.290 e. The van der Waals surface area contributed by atoms with Crippen molar-refractivity contribution in [3.05, 3.63) is 76.0 Å². The molecule has 1 aromatic heterocycles. The van der Waals surface area contributed by atoms with Gasteiger partial charge in [-0.1, -0.05) is 23.7 Å². The number of benzene rings is 2. The highest BCUT2D eigenvalue weighted by molar-refractivity contribution is 6.31. The van der Waals surface area contributed by atoms with Gasteiger partial charge in [-0.3, -0.25) is 9.59 Å². The molecule has 0 saturated heterocycles. The lowest BCUT2D eigenvalue weighted by atomic mass is 9.95. The van der Waals surface area contributed by atoms with Crippen molar-refractivity contribution < 1.29 is 33.0 Å². The summed E-state index contributed by atoms with van der Waals surface area (Å²) in [5.41, 5.74) is 0.605. The first-order valence-corrected chi connectivity index (χ1v) is 11.0. The summed E-state index contributed by atoms with van der Waals surface area (Å²) >= 11 is 6.12. The Balaban J connectivity index is 1.77. The van der Waals surface area contributed by atoms with E-state index in [0.717, 1.165) is 0 Å². The number of methoxy groups -OCH3 is 1. The Morgan fingerprint density at radius 2 is 1.94 bits per heavy atom. The van der Waals surface area contributed by atoms with E-state index in [1.165, 1.54) is 42.3 Å². The SMILES string of the molecule is COc1cc(Cl)cc2cc(C(=O)C3=C(O)C(=O)N(CCOC(C)C)C3c3ccc(F)cc3)oc12. The Hall–Kier alpha value is -3.36. The molecule has 1 N–H and O–H groups in total. The molecule has 1 atom stereocenters. The highest BCUT2D eigenvalue weighted by Gasteiger charge is 2.44. The van der Waals surface area contributed by atoms with Gasteiger partial charge in [-0.2, -0.15) is 0 Å². The number of ether oxygens (including phenoxy) is 2. The van der Waals surface area contributed by atoms with Crippen LogP contribution >= 0.6 is 11.6 Å². The van der Waals surface area contributed by atoms with Crippen LogP contribution in [-0.4, -0.2) is 48.1 Å². The number of nitrogens with zero attached hydrogens (tertiary/aromatic N) is 1. The van der Waals surface area contributed by atoms with E-state index in [1.807, 2.05) is 13.8 Å². The van der Waals surface area contributed by atoms with Crippen molar-refractivity contribution in [2.75, 3.05) is 20.3 Å². The van der Waals surface area contributed by atoms with Gasteiger partial charge in [-0.15, -0.1) is 0 Å². The molecule has 4 rings (SSSR count). The molecule has 1 amide bonds. The van der Waals surface area contributed by atoms with Gasteiger partial charge in [0.15, 0.2) is 22.9 Å². The molecule has 0 fully saturated rings. The van der Waals surface area contributed by atoms with Crippen molar-refractivity contribution in [1.29, 1.82) is 0 Å². The Kier molecular flexibility index (Phi) is 6.63. The van der Waals surface area contributed by atoms with Crippen molar-refractivity contribution in [2.24, 2.45) is 0 Å². The number of amides is 1. The number of Topliss-reactive ketones (excluding diaryl/α,β-unsaturated/α-hetero) is 1. The fourth-order valence-corrected chi connectivity index (χ4v) is 4.19. The van der Waals surface area contributed by atoms with E-state index in [1.54, 1.807) is 12.1 Å². The van der Waals surface area contributed by atoms with Crippen LogP contribution in [-0.2, 0) is 9.53 Å². The van der Waals surface area contributed by atoms with Crippen molar-refractivity contribution in [3.63, 3.8) is 0 Å². The number of furan rings is 1. The summed E-state index contributed by atoms with van der Waals surface area (Å²) in [4.78, 5) is 27.9. The third-order valence-corrected chi connectivity index (χ3v) is 5.73. The molecule has 0 bridgehead atoms. The van der Waals surface area contributed by atoms with Gasteiger partial charge in [0.2, 0.25) is 5.78 Å². The molecular weight excluding hydrogens is 465 g/mol. The van der Waals surface area contributed by atoms with Crippen molar-refractivity contribution in [2.45, 2.75) is 26.0 Å². The standard InChI is InChI=1S/C25H23ClFNO6/c1-13(2)33-9-8-28-21(14-4-6-17(27)7-5-14)20(23(30)25(28)31)22(29)18-11-15-10-16(26)12-19(32-3)24(15)34-18/h4-7,10-13,21,30H,8-9H2,1-3H3. The van der Waals surface area contributed by atoms with Crippen molar-refractivity contribution >= 4 is 34.3 Å². The summed E-state index contributed by atoms with van der Waals surface area (Å²) in [5, 5.41) is 11.7. The molecule has 0 aliphatic carbocycles. The topological polar surface area (TPSA) is 89.2 Å². The minimum Gasteiger partial charge on any atom is -0.503 e. The number of aliphatic hydroxyl groups is 1. The third kappa shape index (κ3) is 4.38. The van der Waals surface area contributed by atoms with Crippen LogP contribution in [0.5, 0.6) is 5.75 Å². The summed E-state index contributed by atoms with van der Waals surface area (Å²) in [6, 6.07) is 9.09. The lowest BCUT2D eigenvalue weighted by Gasteiger charge is -2.27. The van der Waals surface area contributed by atoms with E-state index in [9.17, 15) is 19.1 Å². The van der Waals surface area contributed by atoms with Gasteiger partial charge in [0, 0.05) is 23.0 Å². The van der Waals surface area contributed by atoms with Crippen LogP contribution in [0.4, 0.5) is 4.39 Å². The maximum absolute atomic E-state index is 13.6. The van der Waals surface area contributed by atoms with Crippen LogP contribution in [0.3, 0.4) is 0 Å². The molecule has 7 nitrogen and oxygen atoms in total. The second-order valence-electron chi connectivity index (χ2n) is 8.10. The zero-order chi connectivity index (χ0) is 24.6. The van der Waals surface area contributed by atoms with Gasteiger partial charge in [0.1, 0.15) is 5.82 Å². The minimum absolute atomic E-state index is 0.0676. The zero-order valence-electron chi connectivity index (χ0n) is 18.8. The van der Waals surface area contributed by atoms with Gasteiger partial charge in [-0.25, -0.2) is 4.39 Å². The highest BCUT2D eigenvalue weighted by Crippen LogP contribution is 2.40. The lowest BCUT2D eigenvalue weighted by Crippen LogP contribution is -2.34. The van der Waals surface area contributed by atoms with Crippen LogP contribution in [0.2, 0.25) is 5.02 Å². The Morgan fingerprint density at radius 1 is 1.24 bits per heavy atom. The molecule has 34 heavy (non-hydrogen) atoms. The molecule has 9 heteroatoms. The first-order chi connectivity index (χ1) is 16.2. The van der Waals surface area contributed by atoms with E-state index in [2.05, 4.69) is 0 Å². The van der Waals surface area contributed by atoms with E-state index in [-0.39, 0.29) is 30.6 Å². The van der Waals surface area contributed by atoms with Crippen LogP contribution in [0, 0.1) is 5.82 Å². The molecular formula is C25H23ClFNO6. The molecule has 3 aromatic rings. The van der Waals surface area contributed by atoms with Crippen LogP contribution in [0.1, 0.15) is 36.0 Å². The first kappa shape index (κ1) is 23.8. The Labute approximate surface area is 200 Å². The predicted molar refractivity (Wildman–Crippen MR) is 124 cm³/mol. The molecule has 178 valence electrons. The van der Waals surface area contributed by atoms with Crippen molar-refractivity contribution in [3.8, 4) is 5.75 Å². The van der Waals surface area contributed by atoms with Crippen LogP contribution < -0.4 is 4.74 Å². The summed E-state index contributed by atoms with van der Waals surface area (Å²) < 4.78 is 30.2. The fraction of sp³-hybridized carbons (Fsp3) is 0.280. The first-order valence-electron chi connectivity index (χ1n) is 10.6. The number of aliphatic hydroxyl groups excluding tert-OH is 1. The molecule has 2 heterocycles. The number of fused-ring (bicyclic) bond motifs is 1. The summed E-state index contributed by atoms with van der Waals surface area (Å²) in [5.74, 6) is -2.31. The van der Waals surface area contributed by atoms with Crippen LogP contribution in [0.25, 0.3) is 11.0 Å². The highest BCUT2D eigenvalue weighted by atomic mass is 35.5. The Bertz CT molecular complexity index is 1280. The fourth-order valence-electron chi connectivity index (χ4n) is 3.98. The molecule has 0 radical (unpaired) electrons. The van der Waals surface area contributed by atoms with Gasteiger partial charge in [0.25, 0.3) is 5.91 Å². The van der Waals surface area contributed by atoms with Crippen molar-refractivity contribution in [1.82, 2.24) is 4.90 Å². The molecule has 1 unspecified atom stereocenters. The molecule has 1 aliphatic rings. The van der Waals surface area contributed by atoms with E-state index < -0.39 is 29.3 Å². The van der Waals surface area contributed by atoms with E-state index >= 15 is 0 Å². The number of ketones is 1. The van der Waals surface area contributed by atoms with E-state index in [0.29, 0.717) is 27.3 Å². The molecule has 0 spiro atoms. The molecule has 1 aliphatic heterocycles. The van der Waals surface area contributed by atoms with Gasteiger partial charge >= 0.3 is 0 Å². The monoisotopic (exact) mass is 487 g/mol. The normalized spacial score (nSPS) is 16.2. The number of halogens is 2. The average Bonchev–Trinajstić information content (AvgIpc) is 3.33. The quantitative estimate of drug-likeness (QED) is 0.437. The minimum atomic E-state index is -0.949. The van der Waals surface area contributed by atoms with Gasteiger partial charge in [-0.05, 0) is 43.7 Å². The zero-order valence-corrected chi connectivity index (χ0v) is 19.6. The van der Waals surface area contributed by atoms with E-state index in [4.69, 9.17) is 25.5 Å². The maximum atomic E-state index is 13.6. The summed E-state index contributed by atoms with van der Waals surface area (Å²) in [6.45, 7) is 4.02. The van der Waals surface area contributed by atoms with Gasteiger partial charge in [0.05, 0.1) is 31.4 Å².